The van der Waals surface area contributed by atoms with Crippen molar-refractivity contribution in [3.05, 3.63) is 58.9 Å². The first-order valence-electron chi connectivity index (χ1n) is 7.93. The lowest BCUT2D eigenvalue weighted by Gasteiger charge is -2.10. The molecule has 0 atom stereocenters. The molecule has 0 fully saturated rings. The minimum Gasteiger partial charge on any atom is -0.327 e. The summed E-state index contributed by atoms with van der Waals surface area (Å²) < 4.78 is 67.6. The number of aryl methyl sites for hydroxylation is 1. The van der Waals surface area contributed by atoms with Gasteiger partial charge in [0.2, 0.25) is 10.0 Å². The number of sulfonamides is 1. The van der Waals surface area contributed by atoms with Gasteiger partial charge in [-0.1, -0.05) is 11.6 Å². The summed E-state index contributed by atoms with van der Waals surface area (Å²) in [4.78, 5) is 4.30. The zero-order valence-electron chi connectivity index (χ0n) is 14.1. The van der Waals surface area contributed by atoms with E-state index in [-0.39, 0.29) is 11.4 Å². The Hall–Kier alpha value is -2.10. The quantitative estimate of drug-likeness (QED) is 0.676. The molecule has 1 aromatic heterocycles. The number of nitrogens with zero attached hydrogens (tertiary/aromatic N) is 2. The van der Waals surface area contributed by atoms with E-state index < -0.39 is 21.8 Å². The molecule has 0 saturated carbocycles. The number of fused-ring (bicyclic) bond motifs is 1. The normalized spacial score (nSPS) is 12.6. The minimum atomic E-state index is -4.46. The summed E-state index contributed by atoms with van der Waals surface area (Å²) in [6.07, 6.45) is -4.46. The lowest BCUT2D eigenvalue weighted by Crippen LogP contribution is -2.25. The molecule has 0 aliphatic carbocycles. The average molecular weight is 418 g/mol. The molecule has 2 aromatic carbocycles. The van der Waals surface area contributed by atoms with E-state index in [1.54, 1.807) is 11.5 Å². The van der Waals surface area contributed by atoms with Crippen molar-refractivity contribution in [1.82, 2.24) is 14.3 Å². The summed E-state index contributed by atoms with van der Waals surface area (Å²) >= 11 is 5.76. The third kappa shape index (κ3) is 4.10. The Morgan fingerprint density at radius 1 is 1.15 bits per heavy atom. The number of halogens is 4. The molecule has 0 spiro atoms. The maximum absolute atomic E-state index is 12.9. The molecule has 0 amide bonds. The standard InChI is InChI=1S/C17H15ClF3N3O2S/c1-2-24-15-9-11(17(19,20)21)3-8-14(15)23-16(24)10-22-27(25,26)13-6-4-12(18)5-7-13/h3-9,22H,2,10H2,1H3. The number of rotatable bonds is 5. The van der Waals surface area contributed by atoms with Crippen LogP contribution in [0.3, 0.4) is 0 Å². The van der Waals surface area contributed by atoms with E-state index in [0.29, 0.717) is 28.4 Å². The summed E-state index contributed by atoms with van der Waals surface area (Å²) in [5, 5.41) is 0.405. The first kappa shape index (κ1) is 19.7. The Morgan fingerprint density at radius 3 is 2.41 bits per heavy atom. The van der Waals surface area contributed by atoms with Crippen molar-refractivity contribution in [2.45, 2.75) is 31.1 Å². The van der Waals surface area contributed by atoms with Gasteiger partial charge in [-0.2, -0.15) is 13.2 Å². The van der Waals surface area contributed by atoms with Gasteiger partial charge in [0, 0.05) is 11.6 Å². The lowest BCUT2D eigenvalue weighted by atomic mass is 10.2. The highest BCUT2D eigenvalue weighted by Gasteiger charge is 2.31. The van der Waals surface area contributed by atoms with Crippen LogP contribution < -0.4 is 4.72 Å². The van der Waals surface area contributed by atoms with Crippen molar-refractivity contribution < 1.29 is 21.6 Å². The molecule has 0 aliphatic heterocycles. The van der Waals surface area contributed by atoms with Crippen molar-refractivity contribution in [3.63, 3.8) is 0 Å². The molecule has 0 bridgehead atoms. The number of aromatic nitrogens is 2. The van der Waals surface area contributed by atoms with Crippen LogP contribution in [0.1, 0.15) is 18.3 Å². The number of benzene rings is 2. The van der Waals surface area contributed by atoms with E-state index in [0.717, 1.165) is 12.1 Å². The van der Waals surface area contributed by atoms with Gasteiger partial charge >= 0.3 is 6.18 Å². The van der Waals surface area contributed by atoms with Crippen LogP contribution in [0.2, 0.25) is 5.02 Å². The number of hydrogen-bond donors (Lipinski definition) is 1. The lowest BCUT2D eigenvalue weighted by molar-refractivity contribution is -0.137. The molecule has 3 aromatic rings. The van der Waals surface area contributed by atoms with Gasteiger partial charge in [-0.3, -0.25) is 0 Å². The van der Waals surface area contributed by atoms with Crippen LogP contribution >= 0.6 is 11.6 Å². The van der Waals surface area contributed by atoms with Gasteiger partial charge in [-0.15, -0.1) is 0 Å². The van der Waals surface area contributed by atoms with Gasteiger partial charge < -0.3 is 4.57 Å². The van der Waals surface area contributed by atoms with Gasteiger partial charge in [-0.05, 0) is 49.4 Å². The minimum absolute atomic E-state index is 0.0328. The van der Waals surface area contributed by atoms with E-state index in [2.05, 4.69) is 9.71 Å². The fourth-order valence-electron chi connectivity index (χ4n) is 2.69. The largest absolute Gasteiger partial charge is 0.416 e. The Bertz CT molecular complexity index is 1080. The first-order chi connectivity index (χ1) is 12.6. The van der Waals surface area contributed by atoms with Crippen LogP contribution in [-0.4, -0.2) is 18.0 Å². The summed E-state index contributed by atoms with van der Waals surface area (Å²) in [7, 11) is -3.81. The molecule has 0 saturated heterocycles. The van der Waals surface area contributed by atoms with Crippen molar-refractivity contribution in [3.8, 4) is 0 Å². The number of alkyl halides is 3. The first-order valence-corrected chi connectivity index (χ1v) is 9.79. The second-order valence-corrected chi connectivity index (χ2v) is 7.96. The van der Waals surface area contributed by atoms with E-state index >= 15 is 0 Å². The van der Waals surface area contributed by atoms with Gasteiger partial charge in [0.05, 0.1) is 28.0 Å². The molecule has 0 radical (unpaired) electrons. The third-order valence-corrected chi connectivity index (χ3v) is 5.68. The Morgan fingerprint density at radius 2 is 1.81 bits per heavy atom. The molecule has 1 N–H and O–H groups in total. The predicted molar refractivity (Wildman–Crippen MR) is 95.9 cm³/mol. The summed E-state index contributed by atoms with van der Waals surface area (Å²) in [6, 6.07) is 8.89. The maximum atomic E-state index is 12.9. The number of imidazole rings is 1. The average Bonchev–Trinajstić information content (AvgIpc) is 2.96. The highest BCUT2D eigenvalue weighted by Crippen LogP contribution is 2.31. The molecular weight excluding hydrogens is 403 g/mol. The molecule has 0 unspecified atom stereocenters. The fourth-order valence-corrected chi connectivity index (χ4v) is 3.80. The molecule has 3 rings (SSSR count). The van der Waals surface area contributed by atoms with Crippen LogP contribution in [0.15, 0.2) is 47.4 Å². The van der Waals surface area contributed by atoms with Crippen LogP contribution in [0, 0.1) is 0 Å². The summed E-state index contributed by atoms with van der Waals surface area (Å²) in [5.41, 5.74) is -0.114. The fraction of sp³-hybridized carbons (Fsp3) is 0.235. The Balaban J connectivity index is 1.91. The second-order valence-electron chi connectivity index (χ2n) is 5.75. The molecule has 27 heavy (non-hydrogen) atoms. The van der Waals surface area contributed by atoms with Crippen LogP contribution in [0.5, 0.6) is 0 Å². The van der Waals surface area contributed by atoms with Crippen LogP contribution in [-0.2, 0) is 29.3 Å². The molecule has 144 valence electrons. The maximum Gasteiger partial charge on any atom is 0.416 e. The molecule has 0 aliphatic rings. The summed E-state index contributed by atoms with van der Waals surface area (Å²) in [5.74, 6) is 0.323. The van der Waals surface area contributed by atoms with Crippen LogP contribution in [0.4, 0.5) is 13.2 Å². The number of nitrogens with one attached hydrogen (secondary N) is 1. The van der Waals surface area contributed by atoms with E-state index in [1.807, 2.05) is 0 Å². The van der Waals surface area contributed by atoms with E-state index in [9.17, 15) is 21.6 Å². The van der Waals surface area contributed by atoms with Crippen molar-refractivity contribution in [1.29, 1.82) is 0 Å². The molecule has 1 heterocycles. The molecule has 10 heteroatoms. The third-order valence-electron chi connectivity index (χ3n) is 4.02. The van der Waals surface area contributed by atoms with Crippen molar-refractivity contribution in [2.24, 2.45) is 0 Å². The summed E-state index contributed by atoms with van der Waals surface area (Å²) in [6.45, 7) is 1.93. The van der Waals surface area contributed by atoms with Gasteiger partial charge in [0.25, 0.3) is 0 Å². The number of hydrogen-bond acceptors (Lipinski definition) is 3. The Kier molecular flexibility index (Phi) is 5.20. The van der Waals surface area contributed by atoms with E-state index in [4.69, 9.17) is 11.6 Å². The monoisotopic (exact) mass is 417 g/mol. The van der Waals surface area contributed by atoms with Gasteiger partial charge in [0.15, 0.2) is 0 Å². The SMILES string of the molecule is CCn1c(CNS(=O)(=O)c2ccc(Cl)cc2)nc2ccc(C(F)(F)F)cc21. The molecular formula is C17H15ClF3N3O2S. The second kappa shape index (κ2) is 7.14. The predicted octanol–water partition coefficient (Wildman–Crippen LogP) is 4.21. The zero-order valence-corrected chi connectivity index (χ0v) is 15.7. The molecule has 5 nitrogen and oxygen atoms in total. The Labute approximate surface area is 158 Å². The van der Waals surface area contributed by atoms with Gasteiger partial charge in [-0.25, -0.2) is 18.1 Å². The smallest absolute Gasteiger partial charge is 0.327 e. The van der Waals surface area contributed by atoms with Gasteiger partial charge in [0.1, 0.15) is 5.82 Å². The topological polar surface area (TPSA) is 64.0 Å². The highest BCUT2D eigenvalue weighted by molar-refractivity contribution is 7.89. The van der Waals surface area contributed by atoms with Crippen molar-refractivity contribution >= 4 is 32.7 Å². The highest BCUT2D eigenvalue weighted by atomic mass is 35.5. The zero-order chi connectivity index (χ0) is 19.8. The van der Waals surface area contributed by atoms with Crippen molar-refractivity contribution in [2.75, 3.05) is 0 Å². The van der Waals surface area contributed by atoms with E-state index in [1.165, 1.54) is 30.3 Å². The van der Waals surface area contributed by atoms with Crippen LogP contribution in [0.25, 0.3) is 11.0 Å².